The van der Waals surface area contributed by atoms with Crippen molar-refractivity contribution in [1.82, 2.24) is 4.98 Å². The van der Waals surface area contributed by atoms with Crippen molar-refractivity contribution >= 4 is 29.0 Å². The number of hydrogen-bond acceptors (Lipinski definition) is 2. The zero-order chi connectivity index (χ0) is 12.4. The molecule has 86 valence electrons. The van der Waals surface area contributed by atoms with Gasteiger partial charge >= 0.3 is 0 Å². The lowest BCUT2D eigenvalue weighted by Crippen LogP contribution is -2.05. The highest BCUT2D eigenvalue weighted by Crippen LogP contribution is 2.21. The second-order valence-electron chi connectivity index (χ2n) is 3.68. The molecular weight excluding hydrogens is 257 g/mol. The smallest absolute Gasteiger partial charge is 0.212 e. The van der Waals surface area contributed by atoms with Gasteiger partial charge in [-0.05, 0) is 19.1 Å². The molecule has 0 bridgehead atoms. The largest absolute Gasteiger partial charge is 0.287 e. The minimum atomic E-state index is -0.199. The summed E-state index contributed by atoms with van der Waals surface area (Å²) < 4.78 is 0. The average Bonchev–Trinajstić information content (AvgIpc) is 2.28. The van der Waals surface area contributed by atoms with E-state index in [2.05, 4.69) is 4.98 Å². The summed E-state index contributed by atoms with van der Waals surface area (Å²) in [6.07, 6.45) is 1.41. The van der Waals surface area contributed by atoms with E-state index in [4.69, 9.17) is 23.2 Å². The van der Waals surface area contributed by atoms with E-state index >= 15 is 0 Å². The second-order valence-corrected chi connectivity index (χ2v) is 4.53. The Morgan fingerprint density at radius 1 is 1.24 bits per heavy atom. The van der Waals surface area contributed by atoms with Gasteiger partial charge in [0, 0.05) is 11.8 Å². The van der Waals surface area contributed by atoms with Gasteiger partial charge in [-0.25, -0.2) is 4.98 Å². The van der Waals surface area contributed by atoms with Crippen LogP contribution in [0.15, 0.2) is 36.5 Å². The molecule has 0 atom stereocenters. The van der Waals surface area contributed by atoms with Crippen LogP contribution in [0.25, 0.3) is 0 Å². The van der Waals surface area contributed by atoms with E-state index in [0.29, 0.717) is 10.6 Å². The highest BCUT2D eigenvalue weighted by molar-refractivity contribution is 6.37. The van der Waals surface area contributed by atoms with E-state index in [1.54, 1.807) is 12.1 Å². The van der Waals surface area contributed by atoms with Gasteiger partial charge in [-0.2, -0.15) is 0 Å². The molecule has 2 nitrogen and oxygen atoms in total. The lowest BCUT2D eigenvalue weighted by Gasteiger charge is -2.03. The molecule has 0 aliphatic carbocycles. The third-order valence-corrected chi connectivity index (χ3v) is 2.80. The van der Waals surface area contributed by atoms with Crippen LogP contribution in [0.1, 0.15) is 21.6 Å². The van der Waals surface area contributed by atoms with E-state index in [9.17, 15) is 4.79 Å². The van der Waals surface area contributed by atoms with Crippen LogP contribution in [-0.2, 0) is 0 Å². The third kappa shape index (κ3) is 2.65. The number of benzene rings is 1. The molecule has 17 heavy (non-hydrogen) atoms. The Balaban J connectivity index is 2.44. The fraction of sp³-hybridized carbons (Fsp3) is 0.0769. The number of aromatic nitrogens is 1. The summed E-state index contributed by atoms with van der Waals surface area (Å²) in [5, 5.41) is 0.680. The molecule has 0 unspecified atom stereocenters. The number of hydrogen-bond donors (Lipinski definition) is 0. The van der Waals surface area contributed by atoms with E-state index in [0.717, 1.165) is 5.56 Å². The zero-order valence-corrected chi connectivity index (χ0v) is 10.6. The Kier molecular flexibility index (Phi) is 3.46. The van der Waals surface area contributed by atoms with Gasteiger partial charge in [0.15, 0.2) is 0 Å². The number of ketones is 1. The minimum absolute atomic E-state index is 0.199. The van der Waals surface area contributed by atoms with Crippen molar-refractivity contribution < 1.29 is 4.79 Å². The first-order valence-corrected chi connectivity index (χ1v) is 5.76. The maximum atomic E-state index is 12.1. The maximum Gasteiger partial charge on any atom is 0.212 e. The lowest BCUT2D eigenvalue weighted by atomic mass is 10.1. The standard InChI is InChI=1S/C13H9Cl2NO/c1-8-3-2-4-9(5-8)13(17)12-11(15)6-10(14)7-16-12/h2-7H,1H3. The van der Waals surface area contributed by atoms with Gasteiger partial charge in [0.2, 0.25) is 5.78 Å². The number of pyridine rings is 1. The Labute approximate surface area is 109 Å². The van der Waals surface area contributed by atoms with Crippen LogP contribution in [0.2, 0.25) is 10.0 Å². The summed E-state index contributed by atoms with van der Waals surface area (Å²) in [7, 11) is 0. The second kappa shape index (κ2) is 4.86. The predicted molar refractivity (Wildman–Crippen MR) is 68.9 cm³/mol. The lowest BCUT2D eigenvalue weighted by molar-refractivity contribution is 0.103. The first-order chi connectivity index (χ1) is 8.08. The molecule has 4 heteroatoms. The van der Waals surface area contributed by atoms with Crippen molar-refractivity contribution in [2.45, 2.75) is 6.92 Å². The first-order valence-electron chi connectivity index (χ1n) is 5.00. The number of halogens is 2. The van der Waals surface area contributed by atoms with Gasteiger partial charge in [0.25, 0.3) is 0 Å². The predicted octanol–water partition coefficient (Wildman–Crippen LogP) is 3.93. The molecule has 0 N–H and O–H groups in total. The maximum absolute atomic E-state index is 12.1. The van der Waals surface area contributed by atoms with Crippen molar-refractivity contribution in [2.24, 2.45) is 0 Å². The minimum Gasteiger partial charge on any atom is -0.287 e. The highest BCUT2D eigenvalue weighted by atomic mass is 35.5. The molecule has 1 heterocycles. The molecule has 2 rings (SSSR count). The van der Waals surface area contributed by atoms with Crippen molar-refractivity contribution in [3.63, 3.8) is 0 Å². The Morgan fingerprint density at radius 3 is 2.65 bits per heavy atom. The van der Waals surface area contributed by atoms with Crippen molar-refractivity contribution in [3.8, 4) is 0 Å². The molecule has 0 radical (unpaired) electrons. The van der Waals surface area contributed by atoms with Crippen molar-refractivity contribution in [1.29, 1.82) is 0 Å². The number of rotatable bonds is 2. The molecule has 0 spiro atoms. The highest BCUT2D eigenvalue weighted by Gasteiger charge is 2.14. The summed E-state index contributed by atoms with van der Waals surface area (Å²) in [5.74, 6) is -0.199. The monoisotopic (exact) mass is 265 g/mol. The topological polar surface area (TPSA) is 30.0 Å². The Hall–Kier alpha value is -1.38. The van der Waals surface area contributed by atoms with E-state index < -0.39 is 0 Å². The molecular formula is C13H9Cl2NO. The number of nitrogens with zero attached hydrogens (tertiary/aromatic N) is 1. The molecule has 0 saturated heterocycles. The van der Waals surface area contributed by atoms with Gasteiger partial charge in [-0.3, -0.25) is 4.79 Å². The SMILES string of the molecule is Cc1cccc(C(=O)c2ncc(Cl)cc2Cl)c1. The third-order valence-electron chi connectivity index (χ3n) is 2.30. The summed E-state index contributed by atoms with van der Waals surface area (Å²) in [5.41, 5.74) is 1.81. The summed E-state index contributed by atoms with van der Waals surface area (Å²) >= 11 is 11.7. The number of carbonyl (C=O) groups is 1. The fourth-order valence-corrected chi connectivity index (χ4v) is 1.97. The van der Waals surface area contributed by atoms with Crippen LogP contribution in [0.3, 0.4) is 0 Å². The molecule has 1 aromatic carbocycles. The van der Waals surface area contributed by atoms with Crippen LogP contribution in [-0.4, -0.2) is 10.8 Å². The fourth-order valence-electron chi connectivity index (χ4n) is 1.50. The van der Waals surface area contributed by atoms with Crippen LogP contribution < -0.4 is 0 Å². The van der Waals surface area contributed by atoms with Gasteiger partial charge in [0.05, 0.1) is 10.0 Å². The van der Waals surface area contributed by atoms with Crippen LogP contribution in [0.5, 0.6) is 0 Å². The zero-order valence-electron chi connectivity index (χ0n) is 9.08. The number of aryl methyl sites for hydroxylation is 1. The summed E-state index contributed by atoms with van der Waals surface area (Å²) in [6.45, 7) is 1.92. The van der Waals surface area contributed by atoms with E-state index in [-0.39, 0.29) is 16.5 Å². The molecule has 0 amide bonds. The van der Waals surface area contributed by atoms with Crippen molar-refractivity contribution in [3.05, 3.63) is 63.4 Å². The first kappa shape index (κ1) is 12.1. The average molecular weight is 266 g/mol. The molecule has 1 aromatic heterocycles. The van der Waals surface area contributed by atoms with Crippen LogP contribution in [0, 0.1) is 6.92 Å². The van der Waals surface area contributed by atoms with Gasteiger partial charge in [-0.15, -0.1) is 0 Å². The quantitative estimate of drug-likeness (QED) is 0.771. The molecule has 0 fully saturated rings. The van der Waals surface area contributed by atoms with E-state index in [1.165, 1.54) is 12.3 Å². The van der Waals surface area contributed by atoms with Gasteiger partial charge in [0.1, 0.15) is 5.69 Å². The molecule has 2 aromatic rings. The molecule has 0 aliphatic heterocycles. The number of carbonyl (C=O) groups excluding carboxylic acids is 1. The van der Waals surface area contributed by atoms with Crippen molar-refractivity contribution in [2.75, 3.05) is 0 Å². The summed E-state index contributed by atoms with van der Waals surface area (Å²) in [4.78, 5) is 16.1. The summed E-state index contributed by atoms with van der Waals surface area (Å²) in [6, 6.07) is 8.80. The van der Waals surface area contributed by atoms with E-state index in [1.807, 2.05) is 19.1 Å². The van der Waals surface area contributed by atoms with Gasteiger partial charge in [-0.1, -0.05) is 47.0 Å². The Morgan fingerprint density at radius 2 is 2.00 bits per heavy atom. The normalized spacial score (nSPS) is 10.3. The Bertz CT molecular complexity index is 581. The van der Waals surface area contributed by atoms with Crippen LogP contribution in [0.4, 0.5) is 0 Å². The van der Waals surface area contributed by atoms with Gasteiger partial charge < -0.3 is 0 Å². The van der Waals surface area contributed by atoms with Crippen LogP contribution >= 0.6 is 23.2 Å². The molecule has 0 saturated carbocycles. The molecule has 0 aliphatic rings.